The maximum absolute atomic E-state index is 12.8. The first kappa shape index (κ1) is 18.7. The van der Waals surface area contributed by atoms with Gasteiger partial charge in [0.05, 0.1) is 13.7 Å². The Balaban J connectivity index is 1.70. The molecule has 1 aliphatic heterocycles. The molecule has 9 nitrogen and oxygen atoms in total. The Hall–Kier alpha value is -3.10. The van der Waals surface area contributed by atoms with Crippen molar-refractivity contribution >= 4 is 12.0 Å². The molecule has 2 amide bonds. The molecule has 0 bridgehead atoms. The summed E-state index contributed by atoms with van der Waals surface area (Å²) >= 11 is 0. The van der Waals surface area contributed by atoms with E-state index in [4.69, 9.17) is 9.47 Å². The van der Waals surface area contributed by atoms with Gasteiger partial charge in [0.1, 0.15) is 0 Å². The van der Waals surface area contributed by atoms with Crippen LogP contribution in [0.3, 0.4) is 0 Å². The number of hydrogen-bond donors (Lipinski definition) is 0. The summed E-state index contributed by atoms with van der Waals surface area (Å²) < 4.78 is 11.7. The highest BCUT2D eigenvalue weighted by atomic mass is 16.6. The van der Waals surface area contributed by atoms with Crippen LogP contribution in [0.15, 0.2) is 24.3 Å². The van der Waals surface area contributed by atoms with Gasteiger partial charge in [-0.05, 0) is 19.1 Å². The molecule has 2 heterocycles. The minimum Gasteiger partial charge on any atom is -0.467 e. The molecule has 2 aromatic rings. The molecule has 9 heteroatoms. The van der Waals surface area contributed by atoms with Gasteiger partial charge in [0.2, 0.25) is 0 Å². The van der Waals surface area contributed by atoms with E-state index in [1.54, 1.807) is 46.7 Å². The molecular formula is C18H23N5O4. The maximum atomic E-state index is 12.8. The lowest BCUT2D eigenvalue weighted by Crippen LogP contribution is -2.50. The second-order valence-corrected chi connectivity index (χ2v) is 6.10. The third kappa shape index (κ3) is 4.02. The summed E-state index contributed by atoms with van der Waals surface area (Å²) in [5.74, 6) is 0.416. The number of benzene rings is 1. The Bertz CT molecular complexity index is 827. The molecule has 3 rings (SSSR count). The molecule has 0 radical (unpaired) electrons. The number of rotatable bonds is 4. The highest BCUT2D eigenvalue weighted by Gasteiger charge is 2.25. The maximum Gasteiger partial charge on any atom is 0.409 e. The van der Waals surface area contributed by atoms with E-state index < -0.39 is 0 Å². The Morgan fingerprint density at radius 1 is 1.15 bits per heavy atom. The monoisotopic (exact) mass is 373 g/mol. The number of methoxy groups -OCH3 is 1. The van der Waals surface area contributed by atoms with Gasteiger partial charge in [0.25, 0.3) is 5.91 Å². The van der Waals surface area contributed by atoms with E-state index in [2.05, 4.69) is 10.1 Å². The molecule has 0 aliphatic carbocycles. The number of nitrogens with zero attached hydrogens (tertiary/aromatic N) is 5. The summed E-state index contributed by atoms with van der Waals surface area (Å²) in [6, 6.07) is 7.60. The van der Waals surface area contributed by atoms with Crippen LogP contribution in [0.2, 0.25) is 0 Å². The van der Waals surface area contributed by atoms with Crippen LogP contribution in [0.25, 0.3) is 11.4 Å². The lowest BCUT2D eigenvalue weighted by molar-refractivity contribution is 0.0570. The van der Waals surface area contributed by atoms with Gasteiger partial charge in [-0.2, -0.15) is 4.98 Å². The number of carbonyl (C=O) groups is 2. The van der Waals surface area contributed by atoms with Crippen molar-refractivity contribution in [3.8, 4) is 17.4 Å². The Morgan fingerprint density at radius 3 is 2.48 bits per heavy atom. The number of piperazine rings is 1. The SMILES string of the molecule is CCOC(=O)N1CCN(C(=O)c2cccc(-c3nc(OC)n(C)n3)c2)CC1. The molecule has 144 valence electrons. The van der Waals surface area contributed by atoms with Crippen LogP contribution < -0.4 is 4.74 Å². The van der Waals surface area contributed by atoms with E-state index in [1.807, 2.05) is 6.07 Å². The molecule has 1 aromatic heterocycles. The molecule has 27 heavy (non-hydrogen) atoms. The topological polar surface area (TPSA) is 89.8 Å². The number of carbonyl (C=O) groups excluding carboxylic acids is 2. The second kappa shape index (κ2) is 8.07. The van der Waals surface area contributed by atoms with Gasteiger partial charge in [-0.15, -0.1) is 5.10 Å². The molecule has 1 fully saturated rings. The van der Waals surface area contributed by atoms with E-state index in [-0.39, 0.29) is 12.0 Å². The first-order valence-electron chi connectivity index (χ1n) is 8.80. The summed E-state index contributed by atoms with van der Waals surface area (Å²) in [6.45, 7) is 3.98. The smallest absolute Gasteiger partial charge is 0.409 e. The molecule has 0 saturated carbocycles. The summed E-state index contributed by atoms with van der Waals surface area (Å²) in [6.07, 6.45) is -0.332. The highest BCUT2D eigenvalue weighted by molar-refractivity contribution is 5.95. The predicted octanol–water partition coefficient (Wildman–Crippen LogP) is 1.41. The van der Waals surface area contributed by atoms with Crippen LogP contribution in [0.1, 0.15) is 17.3 Å². The Labute approximate surface area is 157 Å². The average molecular weight is 373 g/mol. The predicted molar refractivity (Wildman–Crippen MR) is 97.5 cm³/mol. The zero-order chi connectivity index (χ0) is 19.4. The summed E-state index contributed by atoms with van der Waals surface area (Å²) in [7, 11) is 3.27. The average Bonchev–Trinajstić information content (AvgIpc) is 3.08. The van der Waals surface area contributed by atoms with Crippen molar-refractivity contribution in [3.63, 3.8) is 0 Å². The van der Waals surface area contributed by atoms with Crippen LogP contribution in [-0.2, 0) is 11.8 Å². The van der Waals surface area contributed by atoms with Crippen molar-refractivity contribution in [1.82, 2.24) is 24.6 Å². The van der Waals surface area contributed by atoms with E-state index in [1.165, 1.54) is 7.11 Å². The number of aryl methyl sites for hydroxylation is 1. The van der Waals surface area contributed by atoms with E-state index >= 15 is 0 Å². The number of ether oxygens (including phenoxy) is 2. The summed E-state index contributed by atoms with van der Waals surface area (Å²) in [5, 5.41) is 4.31. The van der Waals surface area contributed by atoms with Gasteiger partial charge < -0.3 is 19.3 Å². The minimum absolute atomic E-state index is 0.0803. The van der Waals surface area contributed by atoms with Crippen molar-refractivity contribution in [2.24, 2.45) is 7.05 Å². The lowest BCUT2D eigenvalue weighted by Gasteiger charge is -2.34. The zero-order valence-electron chi connectivity index (χ0n) is 15.7. The van der Waals surface area contributed by atoms with Crippen LogP contribution in [0, 0.1) is 0 Å². The van der Waals surface area contributed by atoms with Crippen LogP contribution in [0.4, 0.5) is 4.79 Å². The van der Waals surface area contributed by atoms with Gasteiger partial charge in [-0.1, -0.05) is 12.1 Å². The summed E-state index contributed by atoms with van der Waals surface area (Å²) in [4.78, 5) is 32.3. The molecule has 0 atom stereocenters. The first-order valence-corrected chi connectivity index (χ1v) is 8.80. The fraction of sp³-hybridized carbons (Fsp3) is 0.444. The molecule has 1 aliphatic rings. The number of aromatic nitrogens is 3. The summed E-state index contributed by atoms with van der Waals surface area (Å²) in [5.41, 5.74) is 1.30. The molecule has 1 aromatic carbocycles. The van der Waals surface area contributed by atoms with Crippen LogP contribution in [-0.4, -0.2) is 76.5 Å². The molecule has 0 spiro atoms. The van der Waals surface area contributed by atoms with Crippen molar-refractivity contribution in [3.05, 3.63) is 29.8 Å². The van der Waals surface area contributed by atoms with Crippen molar-refractivity contribution < 1.29 is 19.1 Å². The quantitative estimate of drug-likeness (QED) is 0.805. The highest BCUT2D eigenvalue weighted by Crippen LogP contribution is 2.20. The first-order chi connectivity index (χ1) is 13.0. The second-order valence-electron chi connectivity index (χ2n) is 6.10. The third-order valence-electron chi connectivity index (χ3n) is 4.37. The van der Waals surface area contributed by atoms with Gasteiger partial charge >= 0.3 is 12.1 Å². The van der Waals surface area contributed by atoms with Crippen LogP contribution >= 0.6 is 0 Å². The fourth-order valence-corrected chi connectivity index (χ4v) is 2.95. The Kier molecular flexibility index (Phi) is 5.58. The Morgan fingerprint density at radius 2 is 1.85 bits per heavy atom. The normalized spacial score (nSPS) is 14.2. The van der Waals surface area contributed by atoms with Crippen molar-refractivity contribution in [2.45, 2.75) is 6.92 Å². The number of amides is 2. The van der Waals surface area contributed by atoms with Crippen molar-refractivity contribution in [2.75, 3.05) is 39.9 Å². The third-order valence-corrected chi connectivity index (χ3v) is 4.37. The van der Waals surface area contributed by atoms with Crippen molar-refractivity contribution in [1.29, 1.82) is 0 Å². The standard InChI is InChI=1S/C18H23N5O4/c1-4-27-18(25)23-10-8-22(9-11-23)16(24)14-7-5-6-13(12-14)15-19-17(26-3)21(2)20-15/h5-7,12H,4,8-11H2,1-3H3. The van der Waals surface area contributed by atoms with E-state index in [0.717, 1.165) is 5.56 Å². The minimum atomic E-state index is -0.332. The molecular weight excluding hydrogens is 350 g/mol. The molecule has 0 N–H and O–H groups in total. The number of hydrogen-bond acceptors (Lipinski definition) is 6. The molecule has 1 saturated heterocycles. The van der Waals surface area contributed by atoms with Gasteiger partial charge in [0, 0.05) is 44.4 Å². The fourth-order valence-electron chi connectivity index (χ4n) is 2.95. The largest absolute Gasteiger partial charge is 0.467 e. The lowest BCUT2D eigenvalue weighted by atomic mass is 10.1. The van der Waals surface area contributed by atoms with Gasteiger partial charge in [0.15, 0.2) is 5.82 Å². The van der Waals surface area contributed by atoms with E-state index in [9.17, 15) is 9.59 Å². The van der Waals surface area contributed by atoms with E-state index in [0.29, 0.717) is 50.2 Å². The van der Waals surface area contributed by atoms with Crippen LogP contribution in [0.5, 0.6) is 6.01 Å². The van der Waals surface area contributed by atoms with Gasteiger partial charge in [-0.3, -0.25) is 4.79 Å². The zero-order valence-corrected chi connectivity index (χ0v) is 15.7. The molecule has 0 unspecified atom stereocenters. The van der Waals surface area contributed by atoms with Gasteiger partial charge in [-0.25, -0.2) is 9.48 Å².